The number of anilines is 1. The van der Waals surface area contributed by atoms with Crippen LogP contribution in [0.25, 0.3) is 0 Å². The van der Waals surface area contributed by atoms with Crippen molar-refractivity contribution in [1.82, 2.24) is 10.6 Å². The summed E-state index contributed by atoms with van der Waals surface area (Å²) < 4.78 is 0. The van der Waals surface area contributed by atoms with Crippen molar-refractivity contribution < 1.29 is 9.59 Å². The van der Waals surface area contributed by atoms with Gasteiger partial charge in [0.1, 0.15) is 6.04 Å². The number of hydrogen-bond donors (Lipinski definition) is 3. The summed E-state index contributed by atoms with van der Waals surface area (Å²) >= 11 is 11.7. The van der Waals surface area contributed by atoms with Crippen LogP contribution in [0.5, 0.6) is 0 Å². The van der Waals surface area contributed by atoms with Gasteiger partial charge in [0.05, 0.1) is 15.7 Å². The zero-order valence-corrected chi connectivity index (χ0v) is 13.0. The van der Waals surface area contributed by atoms with Crippen LogP contribution in [0.15, 0.2) is 12.1 Å². The quantitative estimate of drug-likeness (QED) is 0.744. The van der Waals surface area contributed by atoms with E-state index in [-0.39, 0.29) is 33.2 Å². The van der Waals surface area contributed by atoms with E-state index in [9.17, 15) is 9.59 Å². The Kier molecular flexibility index (Phi) is 5.65. The second kappa shape index (κ2) is 6.81. The minimum atomic E-state index is -0.666. The van der Waals surface area contributed by atoms with Gasteiger partial charge in [0.15, 0.2) is 0 Å². The second-order valence-electron chi connectivity index (χ2n) is 4.72. The van der Waals surface area contributed by atoms with Crippen LogP contribution in [-0.2, 0) is 4.79 Å². The standard InChI is InChI=1S/C13H17Cl2N3O2/c1-6(2)17-12(19)7(3)18-13(20)8-4-9(14)11(15)10(16)5-8/h4-7H,16H2,1-3H3,(H,17,19)(H,18,20). The topological polar surface area (TPSA) is 84.2 Å². The molecule has 110 valence electrons. The highest BCUT2D eigenvalue weighted by Crippen LogP contribution is 2.29. The van der Waals surface area contributed by atoms with Gasteiger partial charge in [0, 0.05) is 11.6 Å². The first-order chi connectivity index (χ1) is 9.22. The summed E-state index contributed by atoms with van der Waals surface area (Å²) in [5.41, 5.74) is 6.10. The molecule has 0 heterocycles. The summed E-state index contributed by atoms with van der Waals surface area (Å²) in [6, 6.07) is 2.15. The number of nitrogen functional groups attached to an aromatic ring is 1. The van der Waals surface area contributed by atoms with E-state index >= 15 is 0 Å². The highest BCUT2D eigenvalue weighted by atomic mass is 35.5. The van der Waals surface area contributed by atoms with Crippen molar-refractivity contribution in [3.05, 3.63) is 27.7 Å². The van der Waals surface area contributed by atoms with Crippen LogP contribution >= 0.6 is 23.2 Å². The molecular weight excluding hydrogens is 301 g/mol. The Morgan fingerprint density at radius 3 is 2.25 bits per heavy atom. The highest BCUT2D eigenvalue weighted by Gasteiger charge is 2.18. The van der Waals surface area contributed by atoms with Gasteiger partial charge < -0.3 is 16.4 Å². The average molecular weight is 318 g/mol. The highest BCUT2D eigenvalue weighted by molar-refractivity contribution is 6.43. The van der Waals surface area contributed by atoms with Gasteiger partial charge in [-0.3, -0.25) is 9.59 Å². The van der Waals surface area contributed by atoms with Gasteiger partial charge in [-0.1, -0.05) is 23.2 Å². The van der Waals surface area contributed by atoms with Gasteiger partial charge in [0.2, 0.25) is 5.91 Å². The Bertz CT molecular complexity index is 509. The first-order valence-corrected chi connectivity index (χ1v) is 6.83. The smallest absolute Gasteiger partial charge is 0.252 e. The number of carbonyl (C=O) groups excluding carboxylic acids is 2. The monoisotopic (exact) mass is 317 g/mol. The molecule has 0 fully saturated rings. The van der Waals surface area contributed by atoms with Crippen LogP contribution in [0.3, 0.4) is 0 Å². The molecule has 7 heteroatoms. The summed E-state index contributed by atoms with van der Waals surface area (Å²) in [4.78, 5) is 23.7. The Hall–Kier alpha value is -1.46. The van der Waals surface area contributed by atoms with Crippen molar-refractivity contribution in [2.45, 2.75) is 32.9 Å². The molecular formula is C13H17Cl2N3O2. The molecule has 1 rings (SSSR count). The molecule has 0 bridgehead atoms. The first kappa shape index (κ1) is 16.6. The van der Waals surface area contributed by atoms with Gasteiger partial charge in [-0.15, -0.1) is 0 Å². The van der Waals surface area contributed by atoms with Crippen molar-refractivity contribution >= 4 is 40.7 Å². The van der Waals surface area contributed by atoms with E-state index in [1.165, 1.54) is 12.1 Å². The van der Waals surface area contributed by atoms with Crippen molar-refractivity contribution in [3.63, 3.8) is 0 Å². The lowest BCUT2D eigenvalue weighted by atomic mass is 10.1. The molecule has 1 atom stereocenters. The maximum atomic E-state index is 12.0. The summed E-state index contributed by atoms with van der Waals surface area (Å²) in [5, 5.41) is 5.67. The van der Waals surface area contributed by atoms with Crippen molar-refractivity contribution in [3.8, 4) is 0 Å². The number of hydrogen-bond acceptors (Lipinski definition) is 3. The van der Waals surface area contributed by atoms with Crippen LogP contribution in [0, 0.1) is 0 Å². The van der Waals surface area contributed by atoms with Crippen LogP contribution in [0.1, 0.15) is 31.1 Å². The van der Waals surface area contributed by atoms with E-state index < -0.39 is 11.9 Å². The van der Waals surface area contributed by atoms with Crippen LogP contribution in [0.2, 0.25) is 10.0 Å². The zero-order chi connectivity index (χ0) is 15.4. The van der Waals surface area contributed by atoms with Crippen LogP contribution < -0.4 is 16.4 Å². The Balaban J connectivity index is 2.79. The van der Waals surface area contributed by atoms with E-state index in [2.05, 4.69) is 10.6 Å². The molecule has 0 aliphatic rings. The molecule has 0 saturated carbocycles. The lowest BCUT2D eigenvalue weighted by Crippen LogP contribution is -2.46. The minimum Gasteiger partial charge on any atom is -0.397 e. The summed E-state index contributed by atoms with van der Waals surface area (Å²) in [6.07, 6.45) is 0. The van der Waals surface area contributed by atoms with Gasteiger partial charge in [-0.05, 0) is 32.9 Å². The lowest BCUT2D eigenvalue weighted by Gasteiger charge is -2.16. The normalized spacial score (nSPS) is 12.1. The fourth-order valence-electron chi connectivity index (χ4n) is 1.50. The van der Waals surface area contributed by atoms with Crippen molar-refractivity contribution in [2.24, 2.45) is 0 Å². The average Bonchev–Trinajstić information content (AvgIpc) is 2.34. The van der Waals surface area contributed by atoms with Gasteiger partial charge in [0.25, 0.3) is 5.91 Å². The number of carbonyl (C=O) groups is 2. The van der Waals surface area contributed by atoms with E-state index in [1.807, 2.05) is 13.8 Å². The minimum absolute atomic E-state index is 0.00229. The van der Waals surface area contributed by atoms with Crippen LogP contribution in [-0.4, -0.2) is 23.9 Å². The maximum Gasteiger partial charge on any atom is 0.252 e. The third-order valence-corrected chi connectivity index (χ3v) is 3.31. The van der Waals surface area contributed by atoms with Crippen molar-refractivity contribution in [2.75, 3.05) is 5.73 Å². The summed E-state index contributed by atoms with van der Waals surface area (Å²) in [6.45, 7) is 5.27. The Morgan fingerprint density at radius 1 is 1.15 bits per heavy atom. The molecule has 2 amide bonds. The lowest BCUT2D eigenvalue weighted by molar-refractivity contribution is -0.123. The van der Waals surface area contributed by atoms with E-state index in [4.69, 9.17) is 28.9 Å². The van der Waals surface area contributed by atoms with Crippen LogP contribution in [0.4, 0.5) is 5.69 Å². The van der Waals surface area contributed by atoms with Crippen molar-refractivity contribution in [1.29, 1.82) is 0 Å². The van der Waals surface area contributed by atoms with Gasteiger partial charge in [-0.25, -0.2) is 0 Å². The molecule has 0 aromatic heterocycles. The summed E-state index contributed by atoms with van der Waals surface area (Å²) in [5.74, 6) is -0.706. The second-order valence-corrected chi connectivity index (χ2v) is 5.50. The molecule has 0 saturated heterocycles. The molecule has 0 aliphatic heterocycles. The Morgan fingerprint density at radius 2 is 1.75 bits per heavy atom. The molecule has 4 N–H and O–H groups in total. The molecule has 0 spiro atoms. The molecule has 0 aliphatic carbocycles. The fourth-order valence-corrected chi connectivity index (χ4v) is 1.83. The van der Waals surface area contributed by atoms with Gasteiger partial charge >= 0.3 is 0 Å². The number of nitrogens with one attached hydrogen (secondary N) is 2. The van der Waals surface area contributed by atoms with E-state index in [0.29, 0.717) is 0 Å². The molecule has 1 unspecified atom stereocenters. The summed E-state index contributed by atoms with van der Waals surface area (Å²) in [7, 11) is 0. The predicted molar refractivity (Wildman–Crippen MR) is 81.1 cm³/mol. The SMILES string of the molecule is CC(C)NC(=O)C(C)NC(=O)c1cc(N)c(Cl)c(Cl)c1. The predicted octanol–water partition coefficient (Wildman–Crippen LogP) is 2.22. The zero-order valence-electron chi connectivity index (χ0n) is 11.5. The molecule has 1 aromatic carbocycles. The number of benzene rings is 1. The number of amides is 2. The maximum absolute atomic E-state index is 12.0. The third kappa shape index (κ3) is 4.28. The molecule has 1 aromatic rings. The molecule has 20 heavy (non-hydrogen) atoms. The number of rotatable bonds is 4. The number of nitrogens with two attached hydrogens (primary N) is 1. The van der Waals surface area contributed by atoms with E-state index in [0.717, 1.165) is 0 Å². The fraction of sp³-hybridized carbons (Fsp3) is 0.385. The van der Waals surface area contributed by atoms with Gasteiger partial charge in [-0.2, -0.15) is 0 Å². The molecule has 5 nitrogen and oxygen atoms in total. The first-order valence-electron chi connectivity index (χ1n) is 6.08. The largest absolute Gasteiger partial charge is 0.397 e. The third-order valence-electron chi connectivity index (χ3n) is 2.49. The Labute approximate surface area is 127 Å². The number of halogens is 2. The molecule has 0 radical (unpaired) electrons. The van der Waals surface area contributed by atoms with E-state index in [1.54, 1.807) is 6.92 Å².